The van der Waals surface area contributed by atoms with Crippen LogP contribution in [0.15, 0.2) is 24.3 Å². The number of methoxy groups -OCH3 is 1. The lowest BCUT2D eigenvalue weighted by Gasteiger charge is -2.13. The molecular weight excluding hydrogens is 228 g/mol. The number of rotatable bonds is 4. The molecule has 72 valence electrons. The van der Waals surface area contributed by atoms with Gasteiger partial charge < -0.3 is 4.74 Å². The van der Waals surface area contributed by atoms with E-state index in [1.165, 1.54) is 5.56 Å². The third-order valence-electron chi connectivity index (χ3n) is 2.21. The molecule has 13 heavy (non-hydrogen) atoms. The minimum Gasteiger partial charge on any atom is -0.496 e. The van der Waals surface area contributed by atoms with Gasteiger partial charge in [0.25, 0.3) is 0 Å². The molecule has 0 aromatic heterocycles. The smallest absolute Gasteiger partial charge is 0.122 e. The summed E-state index contributed by atoms with van der Waals surface area (Å²) in [4.78, 5) is 0. The molecule has 1 unspecified atom stereocenters. The van der Waals surface area contributed by atoms with Crippen LogP contribution in [0.25, 0.3) is 0 Å². The number of para-hydroxylation sites is 1. The standard InChI is InChI=1S/C11H15BrO/c1-9(7-8-12)10-5-3-4-6-11(10)13-2/h3-6,9H,7-8H2,1-2H3. The van der Waals surface area contributed by atoms with Gasteiger partial charge >= 0.3 is 0 Å². The summed E-state index contributed by atoms with van der Waals surface area (Å²) in [5, 5.41) is 1.03. The topological polar surface area (TPSA) is 9.23 Å². The first kappa shape index (κ1) is 10.6. The van der Waals surface area contributed by atoms with Gasteiger partial charge in [0, 0.05) is 5.33 Å². The lowest BCUT2D eigenvalue weighted by atomic mass is 9.98. The molecule has 0 bridgehead atoms. The lowest BCUT2D eigenvalue weighted by Crippen LogP contribution is -1.97. The Morgan fingerprint density at radius 2 is 2.08 bits per heavy atom. The summed E-state index contributed by atoms with van der Waals surface area (Å²) in [6.45, 7) is 2.22. The lowest BCUT2D eigenvalue weighted by molar-refractivity contribution is 0.406. The van der Waals surface area contributed by atoms with Crippen LogP contribution in [0.5, 0.6) is 5.75 Å². The van der Waals surface area contributed by atoms with E-state index < -0.39 is 0 Å². The molecular formula is C11H15BrO. The van der Waals surface area contributed by atoms with E-state index in [9.17, 15) is 0 Å². The van der Waals surface area contributed by atoms with Crippen molar-refractivity contribution >= 4 is 15.9 Å². The maximum Gasteiger partial charge on any atom is 0.122 e. The van der Waals surface area contributed by atoms with Gasteiger partial charge in [-0.15, -0.1) is 0 Å². The number of hydrogen-bond acceptors (Lipinski definition) is 1. The van der Waals surface area contributed by atoms with Gasteiger partial charge in [-0.05, 0) is 24.0 Å². The molecule has 0 aliphatic carbocycles. The number of benzene rings is 1. The van der Waals surface area contributed by atoms with Crippen LogP contribution in [0.2, 0.25) is 0 Å². The normalized spacial score (nSPS) is 12.5. The zero-order chi connectivity index (χ0) is 9.68. The molecule has 0 fully saturated rings. The van der Waals surface area contributed by atoms with Crippen LogP contribution >= 0.6 is 15.9 Å². The zero-order valence-electron chi connectivity index (χ0n) is 8.09. The summed E-state index contributed by atoms with van der Waals surface area (Å²) < 4.78 is 5.30. The Hall–Kier alpha value is -0.500. The molecule has 1 aromatic carbocycles. The minimum atomic E-state index is 0.551. The van der Waals surface area contributed by atoms with Crippen LogP contribution in [0.3, 0.4) is 0 Å². The van der Waals surface area contributed by atoms with Crippen molar-refractivity contribution in [3.63, 3.8) is 0 Å². The first-order valence-electron chi connectivity index (χ1n) is 4.48. The summed E-state index contributed by atoms with van der Waals surface area (Å²) in [6.07, 6.45) is 1.14. The summed E-state index contributed by atoms with van der Waals surface area (Å²) in [5.74, 6) is 1.55. The fourth-order valence-corrected chi connectivity index (χ4v) is 2.08. The van der Waals surface area contributed by atoms with Crippen molar-refractivity contribution in [3.8, 4) is 5.75 Å². The van der Waals surface area contributed by atoms with E-state index >= 15 is 0 Å². The van der Waals surface area contributed by atoms with E-state index in [0.29, 0.717) is 5.92 Å². The molecule has 0 aliphatic heterocycles. The van der Waals surface area contributed by atoms with Crippen molar-refractivity contribution in [2.75, 3.05) is 12.4 Å². The van der Waals surface area contributed by atoms with Crippen molar-refractivity contribution in [2.45, 2.75) is 19.3 Å². The maximum atomic E-state index is 5.30. The van der Waals surface area contributed by atoms with Gasteiger partial charge in [0.05, 0.1) is 7.11 Å². The molecule has 2 heteroatoms. The fourth-order valence-electron chi connectivity index (χ4n) is 1.39. The third-order valence-corrected chi connectivity index (χ3v) is 2.67. The SMILES string of the molecule is COc1ccccc1C(C)CCBr. The fraction of sp³-hybridized carbons (Fsp3) is 0.455. The molecule has 0 spiro atoms. The van der Waals surface area contributed by atoms with Gasteiger partial charge in [0.1, 0.15) is 5.75 Å². The van der Waals surface area contributed by atoms with E-state index in [1.54, 1.807) is 7.11 Å². The van der Waals surface area contributed by atoms with Crippen LogP contribution < -0.4 is 4.74 Å². The second-order valence-electron chi connectivity index (χ2n) is 3.12. The van der Waals surface area contributed by atoms with Crippen LogP contribution in [-0.4, -0.2) is 12.4 Å². The average molecular weight is 243 g/mol. The predicted molar refractivity (Wildman–Crippen MR) is 59.8 cm³/mol. The average Bonchev–Trinajstić information content (AvgIpc) is 2.18. The molecule has 0 aliphatic rings. The van der Waals surface area contributed by atoms with Crippen LogP contribution in [-0.2, 0) is 0 Å². The van der Waals surface area contributed by atoms with Crippen LogP contribution in [0.4, 0.5) is 0 Å². The highest BCUT2D eigenvalue weighted by molar-refractivity contribution is 9.09. The first-order valence-corrected chi connectivity index (χ1v) is 5.60. The summed E-state index contributed by atoms with van der Waals surface area (Å²) in [6, 6.07) is 8.21. The molecule has 1 rings (SSSR count). The highest BCUT2D eigenvalue weighted by Crippen LogP contribution is 2.28. The number of hydrogen-bond donors (Lipinski definition) is 0. The van der Waals surface area contributed by atoms with Gasteiger partial charge in [0.15, 0.2) is 0 Å². The Bertz CT molecular complexity index is 260. The Morgan fingerprint density at radius 3 is 2.69 bits per heavy atom. The number of alkyl halides is 1. The van der Waals surface area contributed by atoms with Gasteiger partial charge in [-0.1, -0.05) is 41.1 Å². The molecule has 0 N–H and O–H groups in total. The van der Waals surface area contributed by atoms with Crippen molar-refractivity contribution in [1.29, 1.82) is 0 Å². The molecule has 1 atom stereocenters. The maximum absolute atomic E-state index is 5.30. The summed E-state index contributed by atoms with van der Waals surface area (Å²) in [7, 11) is 1.72. The molecule has 0 heterocycles. The van der Waals surface area contributed by atoms with Gasteiger partial charge in [-0.25, -0.2) is 0 Å². The molecule has 1 nitrogen and oxygen atoms in total. The second-order valence-corrected chi connectivity index (χ2v) is 3.91. The number of halogens is 1. The van der Waals surface area contributed by atoms with Gasteiger partial charge in [-0.2, -0.15) is 0 Å². The Labute approximate surface area is 88.2 Å². The van der Waals surface area contributed by atoms with Gasteiger partial charge in [0.2, 0.25) is 0 Å². The third kappa shape index (κ3) is 2.73. The van der Waals surface area contributed by atoms with Crippen molar-refractivity contribution in [2.24, 2.45) is 0 Å². The molecule has 0 amide bonds. The molecule has 0 saturated heterocycles. The summed E-state index contributed by atoms with van der Waals surface area (Å²) in [5.41, 5.74) is 1.30. The van der Waals surface area contributed by atoms with Crippen LogP contribution in [0, 0.1) is 0 Å². The molecule has 1 aromatic rings. The first-order chi connectivity index (χ1) is 6.29. The minimum absolute atomic E-state index is 0.551. The Kier molecular flexibility index (Phi) is 4.29. The van der Waals surface area contributed by atoms with Crippen molar-refractivity contribution < 1.29 is 4.74 Å². The highest BCUT2D eigenvalue weighted by atomic mass is 79.9. The van der Waals surface area contributed by atoms with E-state index in [2.05, 4.69) is 35.0 Å². The second kappa shape index (κ2) is 5.28. The predicted octanol–water partition coefficient (Wildman–Crippen LogP) is 3.58. The van der Waals surface area contributed by atoms with E-state index in [-0.39, 0.29) is 0 Å². The Balaban J connectivity index is 2.85. The van der Waals surface area contributed by atoms with Crippen molar-refractivity contribution in [1.82, 2.24) is 0 Å². The van der Waals surface area contributed by atoms with E-state index in [1.807, 2.05) is 12.1 Å². The monoisotopic (exact) mass is 242 g/mol. The highest BCUT2D eigenvalue weighted by Gasteiger charge is 2.09. The zero-order valence-corrected chi connectivity index (χ0v) is 9.67. The summed E-state index contributed by atoms with van der Waals surface area (Å²) >= 11 is 3.45. The van der Waals surface area contributed by atoms with E-state index in [4.69, 9.17) is 4.74 Å². The van der Waals surface area contributed by atoms with E-state index in [0.717, 1.165) is 17.5 Å². The Morgan fingerprint density at radius 1 is 1.38 bits per heavy atom. The molecule has 0 saturated carbocycles. The van der Waals surface area contributed by atoms with Crippen molar-refractivity contribution in [3.05, 3.63) is 29.8 Å². The molecule has 0 radical (unpaired) electrons. The largest absolute Gasteiger partial charge is 0.496 e. The van der Waals surface area contributed by atoms with Crippen LogP contribution in [0.1, 0.15) is 24.8 Å². The quantitative estimate of drug-likeness (QED) is 0.734. The van der Waals surface area contributed by atoms with Gasteiger partial charge in [-0.3, -0.25) is 0 Å². The number of ether oxygens (including phenoxy) is 1.